The Morgan fingerprint density at radius 1 is 0.880 bits per heavy atom. The first-order valence-electron chi connectivity index (χ1n) is 9.59. The molecule has 4 rings (SSSR count). The van der Waals surface area contributed by atoms with Gasteiger partial charge in [-0.3, -0.25) is 0 Å². The lowest BCUT2D eigenvalue weighted by Crippen LogP contribution is -2.16. The van der Waals surface area contributed by atoms with Gasteiger partial charge in [-0.15, -0.1) is 13.2 Å². The quantitative estimate of drug-likeness (QED) is 0.224. The lowest BCUT2D eigenvalue weighted by atomic mass is 9.81. The summed E-state index contributed by atoms with van der Waals surface area (Å²) in [6.07, 6.45) is 23.9. The van der Waals surface area contributed by atoms with Crippen LogP contribution in [0.15, 0.2) is 73.4 Å². The van der Waals surface area contributed by atoms with Crippen LogP contribution in [0.2, 0.25) is 6.04 Å². The van der Waals surface area contributed by atoms with E-state index in [2.05, 4.69) is 67.8 Å². The topological polar surface area (TPSA) is 0 Å². The average Bonchev–Trinajstić information content (AvgIpc) is 3.39. The Morgan fingerprint density at radius 3 is 1.96 bits per heavy atom. The molecule has 0 spiro atoms. The zero-order chi connectivity index (χ0) is 17.4. The highest BCUT2D eigenvalue weighted by atomic mass is 35.6. The molecule has 4 bridgehead atoms. The fourth-order valence-corrected chi connectivity index (χ4v) is 6.55. The number of hydrogen-bond donors (Lipinski definition) is 0. The normalized spacial score (nSPS) is 44.3. The molecule has 0 saturated heterocycles. The lowest BCUT2D eigenvalue weighted by molar-refractivity contribution is 0.445. The van der Waals surface area contributed by atoms with Crippen molar-refractivity contribution in [2.75, 3.05) is 0 Å². The molecule has 0 nitrogen and oxygen atoms in total. The molecule has 0 aromatic heterocycles. The first-order valence-corrected chi connectivity index (χ1v) is 11.8. The highest BCUT2D eigenvalue weighted by Crippen LogP contribution is 2.50. The van der Waals surface area contributed by atoms with Gasteiger partial charge in [0.05, 0.1) is 0 Å². The smallest absolute Gasteiger partial charge is 0.171 e. The van der Waals surface area contributed by atoms with E-state index in [1.54, 1.807) is 0 Å². The Kier molecular flexibility index (Phi) is 5.06. The summed E-state index contributed by atoms with van der Waals surface area (Å²) in [7, 11) is 0.450. The number of hydrogen-bond acceptors (Lipinski definition) is 0. The number of allylic oxidation sites excluding steroid dienone is 10. The summed E-state index contributed by atoms with van der Waals surface area (Å²) in [5, 5.41) is 0. The van der Waals surface area contributed by atoms with E-state index in [9.17, 15) is 0 Å². The molecule has 0 amide bonds. The molecule has 25 heavy (non-hydrogen) atoms. The van der Waals surface area contributed by atoms with Gasteiger partial charge in [0.1, 0.15) is 0 Å². The Balaban J connectivity index is 1.53. The van der Waals surface area contributed by atoms with Crippen molar-refractivity contribution in [1.82, 2.24) is 0 Å². The minimum absolute atomic E-state index is 0.450. The van der Waals surface area contributed by atoms with Crippen LogP contribution in [0.25, 0.3) is 0 Å². The van der Waals surface area contributed by atoms with Crippen molar-refractivity contribution in [3.05, 3.63) is 73.4 Å². The highest BCUT2D eigenvalue weighted by molar-refractivity contribution is 6.94. The van der Waals surface area contributed by atoms with Gasteiger partial charge in [0.2, 0.25) is 0 Å². The van der Waals surface area contributed by atoms with Crippen molar-refractivity contribution >= 4 is 19.9 Å². The van der Waals surface area contributed by atoms with Gasteiger partial charge in [-0.1, -0.05) is 60.3 Å². The maximum atomic E-state index is 6.14. The van der Waals surface area contributed by atoms with Crippen LogP contribution in [-0.4, -0.2) is 8.83 Å². The van der Waals surface area contributed by atoms with E-state index < -0.39 is 0 Å². The Labute approximate surface area is 159 Å². The number of halogens is 1. The summed E-state index contributed by atoms with van der Waals surface area (Å²) in [5.41, 5.74) is 1.42. The third-order valence-corrected chi connectivity index (χ3v) is 7.86. The van der Waals surface area contributed by atoms with Crippen LogP contribution in [0, 0.1) is 47.3 Å². The number of fused-ring (bicyclic) bond motifs is 4. The van der Waals surface area contributed by atoms with Crippen LogP contribution in [0.1, 0.15) is 12.8 Å². The second-order valence-electron chi connectivity index (χ2n) is 8.09. The molecule has 8 unspecified atom stereocenters. The van der Waals surface area contributed by atoms with Crippen molar-refractivity contribution in [2.24, 2.45) is 47.3 Å². The summed E-state index contributed by atoms with van der Waals surface area (Å²) in [6.45, 7) is 8.18. The molecule has 0 N–H and O–H groups in total. The standard InChI is InChI=1S/C23H27ClSi/c1-3-20-16-6-8-18(12-16)22(20)10-5-15(14-25-24)11-23-19-9-7-17(13-19)21(23)4-2/h3-11,16-23H,1-2,12-14H2. The first kappa shape index (κ1) is 17.4. The van der Waals surface area contributed by atoms with Crippen LogP contribution < -0.4 is 0 Å². The predicted molar refractivity (Wildman–Crippen MR) is 109 cm³/mol. The van der Waals surface area contributed by atoms with Crippen molar-refractivity contribution in [3.8, 4) is 0 Å². The van der Waals surface area contributed by atoms with Gasteiger partial charge in [-0.05, 0) is 66.2 Å². The van der Waals surface area contributed by atoms with E-state index in [1.165, 1.54) is 18.4 Å². The molecule has 2 radical (unpaired) electrons. The fourth-order valence-electron chi connectivity index (χ4n) is 5.70. The summed E-state index contributed by atoms with van der Waals surface area (Å²) in [5.74, 6) is 5.24. The zero-order valence-electron chi connectivity index (χ0n) is 14.7. The minimum Gasteiger partial charge on any atom is -0.171 e. The van der Waals surface area contributed by atoms with Crippen molar-refractivity contribution < 1.29 is 0 Å². The Morgan fingerprint density at radius 2 is 1.40 bits per heavy atom. The van der Waals surface area contributed by atoms with Gasteiger partial charge < -0.3 is 0 Å². The summed E-state index contributed by atoms with van der Waals surface area (Å²) >= 11 is 6.14. The summed E-state index contributed by atoms with van der Waals surface area (Å²) in [4.78, 5) is 0. The van der Waals surface area contributed by atoms with Gasteiger partial charge in [0.25, 0.3) is 0 Å². The molecule has 0 aromatic carbocycles. The van der Waals surface area contributed by atoms with E-state index in [0.717, 1.165) is 6.04 Å². The summed E-state index contributed by atoms with van der Waals surface area (Å²) in [6, 6.07) is 0.981. The average molecular weight is 367 g/mol. The fraction of sp³-hybridized carbons (Fsp3) is 0.478. The molecule has 4 aliphatic carbocycles. The molecule has 0 aliphatic heterocycles. The second kappa shape index (κ2) is 7.29. The number of rotatable bonds is 7. The van der Waals surface area contributed by atoms with Gasteiger partial charge in [0, 0.05) is 0 Å². The first-order chi connectivity index (χ1) is 12.2. The molecule has 130 valence electrons. The minimum atomic E-state index is 0.450. The molecule has 4 aliphatic rings. The van der Waals surface area contributed by atoms with Gasteiger partial charge in [-0.25, -0.2) is 0 Å². The van der Waals surface area contributed by atoms with Crippen LogP contribution in [0.4, 0.5) is 0 Å². The van der Waals surface area contributed by atoms with E-state index in [4.69, 9.17) is 11.1 Å². The van der Waals surface area contributed by atoms with Crippen molar-refractivity contribution in [1.29, 1.82) is 0 Å². The van der Waals surface area contributed by atoms with E-state index in [1.807, 2.05) is 0 Å². The molecular weight excluding hydrogens is 340 g/mol. The second-order valence-corrected chi connectivity index (χ2v) is 9.51. The van der Waals surface area contributed by atoms with Crippen molar-refractivity contribution in [3.63, 3.8) is 0 Å². The van der Waals surface area contributed by atoms with E-state index in [-0.39, 0.29) is 0 Å². The Hall–Kier alpha value is -1.05. The molecule has 2 saturated carbocycles. The predicted octanol–water partition coefficient (Wildman–Crippen LogP) is 5.99. The SMILES string of the molecule is C=CC1C2C=CC(C2)C1C=CC(=CC1C2C=CC(C2)C1C=C)C[Si]Cl. The zero-order valence-corrected chi connectivity index (χ0v) is 16.5. The third kappa shape index (κ3) is 3.10. The third-order valence-electron chi connectivity index (χ3n) is 6.92. The molecular formula is C23H27ClSi. The maximum absolute atomic E-state index is 6.14. The van der Waals surface area contributed by atoms with Gasteiger partial charge in [0.15, 0.2) is 8.83 Å². The van der Waals surface area contributed by atoms with Gasteiger partial charge >= 0.3 is 0 Å². The van der Waals surface area contributed by atoms with Crippen LogP contribution in [-0.2, 0) is 0 Å². The highest BCUT2D eigenvalue weighted by Gasteiger charge is 2.42. The lowest BCUT2D eigenvalue weighted by Gasteiger charge is -2.24. The van der Waals surface area contributed by atoms with E-state index >= 15 is 0 Å². The van der Waals surface area contributed by atoms with Gasteiger partial charge in [-0.2, -0.15) is 11.1 Å². The van der Waals surface area contributed by atoms with Crippen LogP contribution in [0.5, 0.6) is 0 Å². The maximum Gasteiger partial charge on any atom is 0.176 e. The largest absolute Gasteiger partial charge is 0.176 e. The molecule has 2 fully saturated rings. The molecule has 8 atom stereocenters. The van der Waals surface area contributed by atoms with Crippen LogP contribution >= 0.6 is 11.1 Å². The molecule has 0 heterocycles. The molecule has 2 heteroatoms. The van der Waals surface area contributed by atoms with Crippen LogP contribution in [0.3, 0.4) is 0 Å². The monoisotopic (exact) mass is 366 g/mol. The molecule has 0 aromatic rings. The summed E-state index contributed by atoms with van der Waals surface area (Å²) < 4.78 is 0. The van der Waals surface area contributed by atoms with E-state index in [0.29, 0.717) is 56.2 Å². The van der Waals surface area contributed by atoms with Crippen molar-refractivity contribution in [2.45, 2.75) is 18.9 Å². The Bertz CT molecular complexity index is 655.